The predicted molar refractivity (Wildman–Crippen MR) is 97.7 cm³/mol. The Kier molecular flexibility index (Phi) is 8.48. The summed E-state index contributed by atoms with van der Waals surface area (Å²) in [5.41, 5.74) is 5.51. The fraction of sp³-hybridized carbons (Fsp3) is 0.941. The van der Waals surface area contributed by atoms with Gasteiger partial charge < -0.3 is 20.7 Å². The molecule has 1 fully saturated rings. The Balaban J connectivity index is 2.81. The van der Waals surface area contributed by atoms with E-state index in [0.29, 0.717) is 6.42 Å². The van der Waals surface area contributed by atoms with Crippen molar-refractivity contribution in [1.82, 2.24) is 4.90 Å². The van der Waals surface area contributed by atoms with Crippen molar-refractivity contribution in [2.45, 2.75) is 65.0 Å². The number of esters is 1. The zero-order valence-electron chi connectivity index (χ0n) is 15.6. The van der Waals surface area contributed by atoms with Gasteiger partial charge in [0.05, 0.1) is 18.2 Å². The molecular weight excluding hydrogens is 328 g/mol. The van der Waals surface area contributed by atoms with Gasteiger partial charge in [-0.1, -0.05) is 13.8 Å². The van der Waals surface area contributed by atoms with Gasteiger partial charge in [-0.3, -0.25) is 9.69 Å². The number of hydrogen-bond acceptors (Lipinski definition) is 7. The van der Waals surface area contributed by atoms with Gasteiger partial charge in [0.15, 0.2) is 0 Å². The molecule has 4 N–H and O–H groups in total. The highest BCUT2D eigenvalue weighted by molar-refractivity contribution is 7.99. The molecule has 1 aliphatic heterocycles. The Bertz CT molecular complexity index is 395. The minimum Gasteiger partial charge on any atom is -0.460 e. The molecule has 0 aromatic carbocycles. The van der Waals surface area contributed by atoms with Gasteiger partial charge in [0.25, 0.3) is 0 Å². The summed E-state index contributed by atoms with van der Waals surface area (Å²) in [5, 5.41) is 21.2. The molecule has 0 aromatic heterocycles. The third-order valence-electron chi connectivity index (χ3n) is 4.01. The Labute approximate surface area is 150 Å². The molecule has 1 heterocycles. The van der Waals surface area contributed by atoms with Crippen molar-refractivity contribution < 1.29 is 19.7 Å². The number of carbonyl (C=O) groups is 1. The summed E-state index contributed by atoms with van der Waals surface area (Å²) in [6.07, 6.45) is -2.68. The van der Waals surface area contributed by atoms with Crippen LogP contribution in [0.4, 0.5) is 0 Å². The molecule has 1 saturated heterocycles. The van der Waals surface area contributed by atoms with E-state index in [9.17, 15) is 15.0 Å². The number of thioether (sulfide) groups is 1. The van der Waals surface area contributed by atoms with Crippen LogP contribution < -0.4 is 5.73 Å². The number of carbonyl (C=O) groups excluding carboxylic acids is 1. The fourth-order valence-electron chi connectivity index (χ4n) is 2.79. The Hall–Kier alpha value is -0.340. The van der Waals surface area contributed by atoms with E-state index in [2.05, 4.69) is 0 Å². The van der Waals surface area contributed by atoms with Gasteiger partial charge in [-0.15, -0.1) is 0 Å². The lowest BCUT2D eigenvalue weighted by Gasteiger charge is -2.38. The van der Waals surface area contributed by atoms with Crippen molar-refractivity contribution in [3.8, 4) is 0 Å². The third-order valence-corrected chi connectivity index (χ3v) is 4.96. The van der Waals surface area contributed by atoms with Gasteiger partial charge in [0.2, 0.25) is 0 Å². The molecular formula is C17H34N2O4S. The Morgan fingerprint density at radius 3 is 2.21 bits per heavy atom. The second kappa shape index (κ2) is 9.38. The molecule has 7 heteroatoms. The number of rotatable bonds is 7. The minimum atomic E-state index is -1.24. The highest BCUT2D eigenvalue weighted by Crippen LogP contribution is 2.24. The largest absolute Gasteiger partial charge is 0.460 e. The number of hydrogen-bond donors (Lipinski definition) is 3. The Morgan fingerprint density at radius 1 is 1.21 bits per heavy atom. The molecule has 0 radical (unpaired) electrons. The van der Waals surface area contributed by atoms with Gasteiger partial charge in [-0.05, 0) is 33.1 Å². The van der Waals surface area contributed by atoms with Crippen molar-refractivity contribution in [2.24, 2.45) is 17.6 Å². The zero-order valence-corrected chi connectivity index (χ0v) is 16.4. The molecule has 0 spiro atoms. The van der Waals surface area contributed by atoms with E-state index in [0.717, 1.165) is 24.6 Å². The van der Waals surface area contributed by atoms with E-state index in [1.807, 2.05) is 30.5 Å². The summed E-state index contributed by atoms with van der Waals surface area (Å²) < 4.78 is 5.43. The van der Waals surface area contributed by atoms with Crippen molar-refractivity contribution in [2.75, 3.05) is 24.6 Å². The summed E-state index contributed by atoms with van der Waals surface area (Å²) in [6.45, 7) is 10.9. The molecule has 0 amide bonds. The predicted octanol–water partition coefficient (Wildman–Crippen LogP) is 1.05. The van der Waals surface area contributed by atoms with E-state index in [1.54, 1.807) is 20.8 Å². The van der Waals surface area contributed by atoms with Crippen LogP contribution in [0, 0.1) is 11.8 Å². The van der Waals surface area contributed by atoms with Crippen LogP contribution >= 0.6 is 11.8 Å². The molecule has 3 unspecified atom stereocenters. The number of aliphatic hydroxyl groups is 2. The van der Waals surface area contributed by atoms with Crippen molar-refractivity contribution in [3.63, 3.8) is 0 Å². The molecule has 0 bridgehead atoms. The van der Waals surface area contributed by atoms with Crippen molar-refractivity contribution in [1.29, 1.82) is 0 Å². The first-order valence-electron chi connectivity index (χ1n) is 8.69. The molecule has 4 atom stereocenters. The number of aliphatic hydroxyl groups excluding tert-OH is 2. The van der Waals surface area contributed by atoms with Gasteiger partial charge >= 0.3 is 5.97 Å². The fourth-order valence-corrected chi connectivity index (χ4v) is 3.72. The average molecular weight is 363 g/mol. The van der Waals surface area contributed by atoms with Crippen LogP contribution in [-0.4, -0.2) is 69.7 Å². The maximum Gasteiger partial charge on any atom is 0.312 e. The van der Waals surface area contributed by atoms with E-state index in [4.69, 9.17) is 10.5 Å². The second-order valence-corrected chi connectivity index (χ2v) is 9.11. The summed E-state index contributed by atoms with van der Waals surface area (Å²) in [5.74, 6) is 0.830. The number of nitrogens with zero attached hydrogens (tertiary/aromatic N) is 1. The highest BCUT2D eigenvalue weighted by atomic mass is 32.2. The highest BCUT2D eigenvalue weighted by Gasteiger charge is 2.39. The lowest BCUT2D eigenvalue weighted by Crippen LogP contribution is -2.58. The number of ether oxygens (including phenoxy) is 1. The van der Waals surface area contributed by atoms with Crippen LogP contribution in [-0.2, 0) is 9.53 Å². The molecule has 0 aromatic rings. The zero-order chi connectivity index (χ0) is 18.5. The first-order valence-corrected chi connectivity index (χ1v) is 9.84. The first-order chi connectivity index (χ1) is 11.0. The average Bonchev–Trinajstić information content (AvgIpc) is 2.49. The molecule has 142 valence electrons. The summed E-state index contributed by atoms with van der Waals surface area (Å²) >= 11 is 1.85. The smallest absolute Gasteiger partial charge is 0.312 e. The normalized spacial score (nSPS) is 22.0. The minimum absolute atomic E-state index is 0.187. The maximum atomic E-state index is 12.5. The molecule has 6 nitrogen and oxygen atoms in total. The SMILES string of the molecule is CC(C)C[C@H](C(=O)OC(C)(C)C)C(O)C(O)C(N)N1CCSCC1. The molecule has 0 saturated carbocycles. The molecule has 24 heavy (non-hydrogen) atoms. The van der Waals surface area contributed by atoms with E-state index < -0.39 is 35.9 Å². The van der Waals surface area contributed by atoms with Crippen molar-refractivity contribution in [3.05, 3.63) is 0 Å². The van der Waals surface area contributed by atoms with E-state index >= 15 is 0 Å². The molecule has 0 aliphatic carbocycles. The monoisotopic (exact) mass is 362 g/mol. The molecule has 1 aliphatic rings. The van der Waals surface area contributed by atoms with Gasteiger partial charge in [-0.25, -0.2) is 0 Å². The summed E-state index contributed by atoms with van der Waals surface area (Å²) in [6, 6.07) is 0. The topological polar surface area (TPSA) is 96.0 Å². The van der Waals surface area contributed by atoms with Crippen LogP contribution in [0.5, 0.6) is 0 Å². The first kappa shape index (κ1) is 21.7. The summed E-state index contributed by atoms with van der Waals surface area (Å²) in [7, 11) is 0. The van der Waals surface area contributed by atoms with E-state index in [1.165, 1.54) is 0 Å². The van der Waals surface area contributed by atoms with Gasteiger partial charge in [0, 0.05) is 24.6 Å². The lowest BCUT2D eigenvalue weighted by molar-refractivity contribution is -0.169. The van der Waals surface area contributed by atoms with Gasteiger partial charge in [0.1, 0.15) is 11.7 Å². The van der Waals surface area contributed by atoms with E-state index in [-0.39, 0.29) is 5.92 Å². The van der Waals surface area contributed by atoms with Crippen LogP contribution in [0.25, 0.3) is 0 Å². The lowest BCUT2D eigenvalue weighted by atomic mass is 9.88. The van der Waals surface area contributed by atoms with Gasteiger partial charge in [-0.2, -0.15) is 11.8 Å². The Morgan fingerprint density at radius 2 is 1.75 bits per heavy atom. The quantitative estimate of drug-likeness (QED) is 0.583. The van der Waals surface area contributed by atoms with Crippen LogP contribution in [0.1, 0.15) is 41.0 Å². The standard InChI is InChI=1S/C17H34N2O4S/c1-11(2)10-12(16(22)23-17(3,4)5)13(20)14(21)15(18)19-6-8-24-9-7-19/h11-15,20-21H,6-10,18H2,1-5H3/t12-,13?,14?,15?/m0/s1. The third kappa shape index (κ3) is 6.88. The number of nitrogens with two attached hydrogens (primary N) is 1. The molecule has 1 rings (SSSR count). The maximum absolute atomic E-state index is 12.5. The van der Waals surface area contributed by atoms with Crippen molar-refractivity contribution >= 4 is 17.7 Å². The summed E-state index contributed by atoms with van der Waals surface area (Å²) in [4.78, 5) is 14.5. The van der Waals surface area contributed by atoms with Crippen LogP contribution in [0.15, 0.2) is 0 Å². The second-order valence-electron chi connectivity index (χ2n) is 7.89. The van der Waals surface area contributed by atoms with Crippen LogP contribution in [0.2, 0.25) is 0 Å². The van der Waals surface area contributed by atoms with Crippen LogP contribution in [0.3, 0.4) is 0 Å².